The van der Waals surface area contributed by atoms with Gasteiger partial charge in [-0.05, 0) is 25.8 Å². The van der Waals surface area contributed by atoms with Gasteiger partial charge in [-0.25, -0.2) is 4.98 Å². The summed E-state index contributed by atoms with van der Waals surface area (Å²) < 4.78 is 8.19. The van der Waals surface area contributed by atoms with Crippen molar-refractivity contribution in [1.29, 1.82) is 0 Å². The second-order valence-electron chi connectivity index (χ2n) is 5.96. The van der Waals surface area contributed by atoms with Gasteiger partial charge in [0, 0.05) is 38.4 Å². The van der Waals surface area contributed by atoms with Crippen molar-refractivity contribution < 1.29 is 4.74 Å². The second-order valence-corrected chi connectivity index (χ2v) is 5.96. The molecule has 3 rings (SSSR count). The smallest absolute Gasteiger partial charge is 0.0948 e. The third-order valence-electron chi connectivity index (χ3n) is 4.40. The number of nitrogens with zero attached hydrogens (tertiary/aromatic N) is 3. The van der Waals surface area contributed by atoms with Crippen LogP contribution in [0.5, 0.6) is 0 Å². The molecule has 2 unspecified atom stereocenters. The van der Waals surface area contributed by atoms with Crippen molar-refractivity contribution in [2.24, 2.45) is 0 Å². The molecule has 0 aromatic carbocycles. The van der Waals surface area contributed by atoms with Gasteiger partial charge in [-0.1, -0.05) is 6.92 Å². The number of aryl methyl sites for hydroxylation is 1. The topological polar surface area (TPSA) is 42.3 Å². The van der Waals surface area contributed by atoms with E-state index in [9.17, 15) is 0 Å². The first kappa shape index (κ1) is 14.0. The molecule has 0 amide bonds. The molecule has 1 aromatic rings. The number of imidazole rings is 1. The summed E-state index contributed by atoms with van der Waals surface area (Å²) in [5.41, 5.74) is 1.27. The van der Waals surface area contributed by atoms with E-state index in [1.807, 2.05) is 12.5 Å². The lowest BCUT2D eigenvalue weighted by atomic mass is 10.2. The molecule has 2 saturated heterocycles. The van der Waals surface area contributed by atoms with Gasteiger partial charge in [0.1, 0.15) is 0 Å². The van der Waals surface area contributed by atoms with Crippen LogP contribution in [-0.2, 0) is 17.8 Å². The summed E-state index contributed by atoms with van der Waals surface area (Å²) in [6.07, 6.45) is 8.02. The minimum atomic E-state index is 0.340. The molecule has 2 aliphatic rings. The fourth-order valence-corrected chi connectivity index (χ4v) is 3.31. The molecule has 5 heteroatoms. The van der Waals surface area contributed by atoms with E-state index in [1.54, 1.807) is 0 Å². The van der Waals surface area contributed by atoms with E-state index in [1.165, 1.54) is 25.1 Å². The van der Waals surface area contributed by atoms with Crippen molar-refractivity contribution in [2.45, 2.75) is 51.4 Å². The van der Waals surface area contributed by atoms with Gasteiger partial charge in [-0.2, -0.15) is 0 Å². The van der Waals surface area contributed by atoms with Crippen LogP contribution in [0.4, 0.5) is 0 Å². The minimum Gasteiger partial charge on any atom is -0.374 e. The Bertz CT molecular complexity index is 420. The minimum absolute atomic E-state index is 0.340. The number of aromatic nitrogens is 2. The zero-order chi connectivity index (χ0) is 13.8. The van der Waals surface area contributed by atoms with E-state index < -0.39 is 0 Å². The standard InChI is InChI=1S/C15H26N4O/c1-2-5-19-12-17-8-14(19)7-16-9-15-10-18-6-3-4-13(18)11-20-15/h8,12-13,15-16H,2-7,9-11H2,1H3. The van der Waals surface area contributed by atoms with Crippen LogP contribution in [0, 0.1) is 0 Å². The van der Waals surface area contributed by atoms with Gasteiger partial charge in [-0.15, -0.1) is 0 Å². The quantitative estimate of drug-likeness (QED) is 0.850. The van der Waals surface area contributed by atoms with Gasteiger partial charge in [0.2, 0.25) is 0 Å². The molecule has 0 radical (unpaired) electrons. The third-order valence-corrected chi connectivity index (χ3v) is 4.40. The van der Waals surface area contributed by atoms with Crippen molar-refractivity contribution in [1.82, 2.24) is 19.8 Å². The number of rotatable bonds is 6. The Morgan fingerprint density at radius 1 is 1.50 bits per heavy atom. The molecule has 20 heavy (non-hydrogen) atoms. The second kappa shape index (κ2) is 6.70. The van der Waals surface area contributed by atoms with Crippen molar-refractivity contribution in [3.8, 4) is 0 Å². The summed E-state index contributed by atoms with van der Waals surface area (Å²) in [5, 5.41) is 3.52. The molecule has 0 saturated carbocycles. The SMILES string of the molecule is CCCn1cncc1CNCC1CN2CCCC2CO1. The summed E-state index contributed by atoms with van der Waals surface area (Å²) in [4.78, 5) is 6.83. The highest BCUT2D eigenvalue weighted by Gasteiger charge is 2.31. The predicted octanol–water partition coefficient (Wildman–Crippen LogP) is 1.25. The first-order chi connectivity index (χ1) is 9.86. The predicted molar refractivity (Wildman–Crippen MR) is 78.6 cm³/mol. The van der Waals surface area contributed by atoms with Gasteiger partial charge < -0.3 is 14.6 Å². The highest BCUT2D eigenvalue weighted by molar-refractivity contribution is 4.98. The average Bonchev–Trinajstić information content (AvgIpc) is 3.08. The maximum Gasteiger partial charge on any atom is 0.0948 e. The van der Waals surface area contributed by atoms with Crippen LogP contribution in [0.25, 0.3) is 0 Å². The molecule has 5 nitrogen and oxygen atoms in total. The number of nitrogens with one attached hydrogen (secondary N) is 1. The molecule has 0 aliphatic carbocycles. The molecule has 112 valence electrons. The normalized spacial score (nSPS) is 26.9. The highest BCUT2D eigenvalue weighted by Crippen LogP contribution is 2.22. The molecule has 2 fully saturated rings. The van der Waals surface area contributed by atoms with Gasteiger partial charge in [0.25, 0.3) is 0 Å². The molecule has 1 N–H and O–H groups in total. The first-order valence-electron chi connectivity index (χ1n) is 7.92. The summed E-state index contributed by atoms with van der Waals surface area (Å²) in [7, 11) is 0. The van der Waals surface area contributed by atoms with Crippen molar-refractivity contribution in [3.05, 3.63) is 18.2 Å². The molecular weight excluding hydrogens is 252 g/mol. The van der Waals surface area contributed by atoms with E-state index in [0.717, 1.165) is 39.2 Å². The fraction of sp³-hybridized carbons (Fsp3) is 0.800. The molecule has 0 spiro atoms. The number of ether oxygens (including phenoxy) is 1. The molecule has 2 atom stereocenters. The van der Waals surface area contributed by atoms with Crippen LogP contribution in [-0.4, -0.2) is 52.8 Å². The molecule has 0 bridgehead atoms. The van der Waals surface area contributed by atoms with Crippen LogP contribution in [0.1, 0.15) is 31.9 Å². The van der Waals surface area contributed by atoms with Crippen LogP contribution < -0.4 is 5.32 Å². The van der Waals surface area contributed by atoms with E-state index >= 15 is 0 Å². The zero-order valence-electron chi connectivity index (χ0n) is 12.4. The number of morpholine rings is 1. The van der Waals surface area contributed by atoms with E-state index in [2.05, 4.69) is 26.7 Å². The highest BCUT2D eigenvalue weighted by atomic mass is 16.5. The molecular formula is C15H26N4O. The third kappa shape index (κ3) is 3.22. The number of hydrogen-bond donors (Lipinski definition) is 1. The summed E-state index contributed by atoms with van der Waals surface area (Å²) in [6.45, 7) is 8.32. The van der Waals surface area contributed by atoms with Crippen LogP contribution in [0.15, 0.2) is 12.5 Å². The molecule has 2 aliphatic heterocycles. The lowest BCUT2D eigenvalue weighted by Crippen LogP contribution is -2.49. The van der Waals surface area contributed by atoms with Crippen LogP contribution in [0.3, 0.4) is 0 Å². The molecule has 1 aromatic heterocycles. The van der Waals surface area contributed by atoms with Crippen molar-refractivity contribution in [2.75, 3.05) is 26.2 Å². The van der Waals surface area contributed by atoms with Crippen molar-refractivity contribution in [3.63, 3.8) is 0 Å². The Kier molecular flexibility index (Phi) is 4.70. The Labute approximate surface area is 121 Å². The summed E-state index contributed by atoms with van der Waals surface area (Å²) in [6, 6.07) is 0.692. The van der Waals surface area contributed by atoms with E-state index in [4.69, 9.17) is 4.74 Å². The van der Waals surface area contributed by atoms with Gasteiger partial charge in [0.15, 0.2) is 0 Å². The van der Waals surface area contributed by atoms with Crippen LogP contribution in [0.2, 0.25) is 0 Å². The number of fused-ring (bicyclic) bond motifs is 1. The lowest BCUT2D eigenvalue weighted by molar-refractivity contribution is -0.0470. The Morgan fingerprint density at radius 2 is 2.45 bits per heavy atom. The van der Waals surface area contributed by atoms with Gasteiger partial charge >= 0.3 is 0 Å². The Balaban J connectivity index is 1.42. The fourth-order valence-electron chi connectivity index (χ4n) is 3.31. The van der Waals surface area contributed by atoms with E-state index in [0.29, 0.717) is 12.1 Å². The first-order valence-corrected chi connectivity index (χ1v) is 7.92. The van der Waals surface area contributed by atoms with Crippen molar-refractivity contribution >= 4 is 0 Å². The maximum atomic E-state index is 5.96. The largest absolute Gasteiger partial charge is 0.374 e. The van der Waals surface area contributed by atoms with Crippen LogP contribution >= 0.6 is 0 Å². The monoisotopic (exact) mass is 278 g/mol. The Hall–Kier alpha value is -0.910. The van der Waals surface area contributed by atoms with Gasteiger partial charge in [-0.3, -0.25) is 4.90 Å². The summed E-state index contributed by atoms with van der Waals surface area (Å²) >= 11 is 0. The van der Waals surface area contributed by atoms with Gasteiger partial charge in [0.05, 0.1) is 24.7 Å². The van der Waals surface area contributed by atoms with E-state index in [-0.39, 0.29) is 0 Å². The average molecular weight is 278 g/mol. The number of hydrogen-bond acceptors (Lipinski definition) is 4. The summed E-state index contributed by atoms with van der Waals surface area (Å²) in [5.74, 6) is 0. The zero-order valence-corrected chi connectivity index (χ0v) is 12.4. The Morgan fingerprint density at radius 3 is 3.35 bits per heavy atom. The lowest BCUT2D eigenvalue weighted by Gasteiger charge is -2.35. The molecule has 3 heterocycles. The maximum absolute atomic E-state index is 5.96.